The lowest BCUT2D eigenvalue weighted by Crippen LogP contribution is -2.11. The summed E-state index contributed by atoms with van der Waals surface area (Å²) in [5.74, 6) is 0. The molecule has 0 spiro atoms. The van der Waals surface area contributed by atoms with E-state index in [2.05, 4.69) is 81.7 Å². The van der Waals surface area contributed by atoms with Gasteiger partial charge in [-0.25, -0.2) is 0 Å². The number of halogens is 1. The van der Waals surface area contributed by atoms with Gasteiger partial charge in [-0.3, -0.25) is 0 Å². The van der Waals surface area contributed by atoms with Crippen LogP contribution in [0, 0.1) is 0 Å². The van der Waals surface area contributed by atoms with Crippen molar-refractivity contribution >= 4 is 38.6 Å². The summed E-state index contributed by atoms with van der Waals surface area (Å²) >= 11 is 5.42. The van der Waals surface area contributed by atoms with E-state index < -0.39 is 0 Å². The van der Waals surface area contributed by atoms with Crippen molar-refractivity contribution in [2.24, 2.45) is 0 Å². The van der Waals surface area contributed by atoms with Crippen LogP contribution in [0.2, 0.25) is 0 Å². The molecule has 2 nitrogen and oxygen atoms in total. The Hall–Kier alpha value is -1.23. The first-order valence-corrected chi connectivity index (χ1v) is 8.62. The van der Waals surface area contributed by atoms with Crippen LogP contribution < -0.4 is 5.32 Å². The number of hydrogen-bond acceptors (Lipinski definition) is 2. The quantitative estimate of drug-likeness (QED) is 0.654. The van der Waals surface area contributed by atoms with E-state index in [1.807, 2.05) is 0 Å². The first-order chi connectivity index (χ1) is 10.3. The van der Waals surface area contributed by atoms with Crippen LogP contribution in [-0.4, -0.2) is 11.5 Å². The Morgan fingerprint density at radius 2 is 2.00 bits per heavy atom. The van der Waals surface area contributed by atoms with Crippen molar-refractivity contribution < 1.29 is 0 Å². The van der Waals surface area contributed by atoms with E-state index in [-0.39, 0.29) is 0 Å². The molecule has 0 saturated heterocycles. The smallest absolute Gasteiger partial charge is 0.0780 e. The van der Waals surface area contributed by atoms with Crippen molar-refractivity contribution in [2.75, 3.05) is 6.54 Å². The van der Waals surface area contributed by atoms with Gasteiger partial charge in [-0.05, 0) is 36.4 Å². The molecule has 0 amide bonds. The van der Waals surface area contributed by atoms with Crippen LogP contribution in [0.25, 0.3) is 10.9 Å². The number of fused-ring (bicyclic) bond motifs is 1. The molecule has 3 rings (SSSR count). The normalized spacial score (nSPS) is 11.1. The van der Waals surface area contributed by atoms with Crippen molar-refractivity contribution in [1.29, 1.82) is 0 Å². The van der Waals surface area contributed by atoms with Crippen LogP contribution in [0.3, 0.4) is 0 Å². The summed E-state index contributed by atoms with van der Waals surface area (Å²) in [6.07, 6.45) is 0. The van der Waals surface area contributed by atoms with Crippen LogP contribution in [-0.2, 0) is 6.54 Å². The monoisotopic (exact) mass is 360 g/mol. The fourth-order valence-electron chi connectivity index (χ4n) is 2.22. The number of hydrogen-bond donors (Lipinski definition) is 2. The molecule has 0 bridgehead atoms. The topological polar surface area (TPSA) is 27.8 Å². The Morgan fingerprint density at radius 3 is 2.76 bits per heavy atom. The average molecular weight is 361 g/mol. The number of aromatic nitrogens is 1. The van der Waals surface area contributed by atoms with Gasteiger partial charge in [0.2, 0.25) is 0 Å². The van der Waals surface area contributed by atoms with E-state index in [9.17, 15) is 0 Å². The fraction of sp³-hybridized carbons (Fsp3) is 0.176. The predicted molar refractivity (Wildman–Crippen MR) is 93.9 cm³/mol. The molecular formula is C17H17BrN2S. The van der Waals surface area contributed by atoms with Gasteiger partial charge in [0.25, 0.3) is 0 Å². The summed E-state index contributed by atoms with van der Waals surface area (Å²) in [6.45, 7) is 4.00. The van der Waals surface area contributed by atoms with E-state index in [4.69, 9.17) is 0 Å². The molecule has 0 radical (unpaired) electrons. The van der Waals surface area contributed by atoms with Gasteiger partial charge >= 0.3 is 0 Å². The van der Waals surface area contributed by atoms with Crippen molar-refractivity contribution in [2.45, 2.75) is 23.4 Å². The summed E-state index contributed by atoms with van der Waals surface area (Å²) in [5.41, 5.74) is 2.47. The van der Waals surface area contributed by atoms with E-state index >= 15 is 0 Å². The van der Waals surface area contributed by atoms with Gasteiger partial charge < -0.3 is 10.3 Å². The molecule has 3 aromatic rings. The van der Waals surface area contributed by atoms with E-state index in [1.165, 1.54) is 26.4 Å². The van der Waals surface area contributed by atoms with Crippen LogP contribution in [0.5, 0.6) is 0 Å². The van der Waals surface area contributed by atoms with E-state index in [1.54, 1.807) is 11.8 Å². The molecule has 0 atom stereocenters. The highest BCUT2D eigenvalue weighted by Gasteiger charge is 2.05. The van der Waals surface area contributed by atoms with Crippen molar-refractivity contribution in [3.05, 3.63) is 58.6 Å². The first kappa shape index (κ1) is 14.7. The number of para-hydroxylation sites is 1. The number of nitrogens with one attached hydrogen (secondary N) is 2. The van der Waals surface area contributed by atoms with Crippen LogP contribution in [0.15, 0.2) is 62.9 Å². The average Bonchev–Trinajstić information content (AvgIpc) is 2.88. The third-order valence-electron chi connectivity index (χ3n) is 3.32. The summed E-state index contributed by atoms with van der Waals surface area (Å²) in [5, 5.41) is 5.77. The molecule has 0 aliphatic carbocycles. The van der Waals surface area contributed by atoms with Crippen LogP contribution in [0.4, 0.5) is 0 Å². The number of rotatable bonds is 5. The highest BCUT2D eigenvalue weighted by Crippen LogP contribution is 2.32. The Morgan fingerprint density at radius 1 is 1.14 bits per heavy atom. The van der Waals surface area contributed by atoms with Crippen LogP contribution in [0.1, 0.15) is 12.5 Å². The maximum Gasteiger partial charge on any atom is 0.0780 e. The minimum absolute atomic E-state index is 0.897. The number of aromatic amines is 1. The van der Waals surface area contributed by atoms with Crippen molar-refractivity contribution in [3.8, 4) is 0 Å². The fourth-order valence-corrected chi connectivity index (χ4v) is 3.81. The van der Waals surface area contributed by atoms with Gasteiger partial charge in [0.05, 0.1) is 5.03 Å². The van der Waals surface area contributed by atoms with Gasteiger partial charge in [-0.2, -0.15) is 0 Å². The van der Waals surface area contributed by atoms with Crippen molar-refractivity contribution in [3.63, 3.8) is 0 Å². The molecule has 21 heavy (non-hydrogen) atoms. The van der Waals surface area contributed by atoms with Gasteiger partial charge in [-0.15, -0.1) is 0 Å². The van der Waals surface area contributed by atoms with Gasteiger partial charge in [-0.1, -0.05) is 58.9 Å². The van der Waals surface area contributed by atoms with Crippen LogP contribution >= 0.6 is 27.7 Å². The molecule has 108 valence electrons. The highest BCUT2D eigenvalue weighted by molar-refractivity contribution is 9.10. The number of H-pyrrole nitrogens is 1. The zero-order valence-corrected chi connectivity index (χ0v) is 14.2. The second-order valence-electron chi connectivity index (χ2n) is 4.86. The molecule has 1 aromatic heterocycles. The molecular weight excluding hydrogens is 344 g/mol. The summed E-state index contributed by atoms with van der Waals surface area (Å²) in [7, 11) is 0. The molecule has 0 saturated carbocycles. The van der Waals surface area contributed by atoms with E-state index in [0.717, 1.165) is 17.6 Å². The molecule has 2 aromatic carbocycles. The minimum Gasteiger partial charge on any atom is -0.349 e. The minimum atomic E-state index is 0.897. The SMILES string of the molecule is CCNCc1ccc(Sc2cc3ccccc3[nH]2)cc1Br. The zero-order valence-electron chi connectivity index (χ0n) is 11.8. The molecule has 2 N–H and O–H groups in total. The standard InChI is InChI=1S/C17H17BrN2S/c1-2-19-11-13-7-8-14(10-15(13)18)21-17-9-12-5-3-4-6-16(12)20-17/h3-10,19-20H,2,11H2,1H3. The largest absolute Gasteiger partial charge is 0.349 e. The second kappa shape index (κ2) is 6.69. The highest BCUT2D eigenvalue weighted by atomic mass is 79.9. The number of benzene rings is 2. The maximum atomic E-state index is 3.66. The second-order valence-corrected chi connectivity index (χ2v) is 6.83. The summed E-state index contributed by atoms with van der Waals surface area (Å²) in [4.78, 5) is 4.68. The molecule has 0 aliphatic rings. The third kappa shape index (κ3) is 3.51. The van der Waals surface area contributed by atoms with Crippen molar-refractivity contribution in [1.82, 2.24) is 10.3 Å². The van der Waals surface area contributed by atoms with Gasteiger partial charge in [0, 0.05) is 26.8 Å². The first-order valence-electron chi connectivity index (χ1n) is 7.01. The molecule has 0 unspecified atom stereocenters. The Balaban J connectivity index is 1.79. The lowest BCUT2D eigenvalue weighted by Gasteiger charge is -2.07. The Bertz CT molecular complexity index is 718. The molecule has 1 heterocycles. The Kier molecular flexibility index (Phi) is 4.68. The van der Waals surface area contributed by atoms with Gasteiger partial charge in [0.1, 0.15) is 0 Å². The molecule has 4 heteroatoms. The Labute approximate surface area is 137 Å². The predicted octanol–water partition coefficient (Wildman–Crippen LogP) is 5.19. The van der Waals surface area contributed by atoms with E-state index in [0.29, 0.717) is 0 Å². The zero-order chi connectivity index (χ0) is 14.7. The maximum absolute atomic E-state index is 3.66. The third-order valence-corrected chi connectivity index (χ3v) is 4.99. The lowest BCUT2D eigenvalue weighted by atomic mass is 10.2. The molecule has 0 fully saturated rings. The lowest BCUT2D eigenvalue weighted by molar-refractivity contribution is 0.724. The molecule has 0 aliphatic heterocycles. The summed E-state index contributed by atoms with van der Waals surface area (Å²) < 4.78 is 1.16. The summed E-state index contributed by atoms with van der Waals surface area (Å²) in [6, 6.07) is 17.1. The van der Waals surface area contributed by atoms with Gasteiger partial charge in [0.15, 0.2) is 0 Å².